The van der Waals surface area contributed by atoms with Gasteiger partial charge in [0.1, 0.15) is 11.7 Å². The Morgan fingerprint density at radius 3 is 2.42 bits per heavy atom. The molecule has 0 aliphatic rings. The Hall–Kier alpha value is -3.93. The Bertz CT molecular complexity index is 1260. The molecule has 1 aromatic heterocycles. The maximum Gasteiger partial charge on any atom is 0.251 e. The van der Waals surface area contributed by atoms with Gasteiger partial charge < -0.3 is 15.6 Å². The maximum absolute atomic E-state index is 12.7. The van der Waals surface area contributed by atoms with E-state index < -0.39 is 0 Å². The van der Waals surface area contributed by atoms with E-state index in [0.29, 0.717) is 24.1 Å². The second-order valence-electron chi connectivity index (χ2n) is 7.70. The van der Waals surface area contributed by atoms with Gasteiger partial charge in [0.2, 0.25) is 0 Å². The molecule has 4 rings (SSSR count). The third kappa shape index (κ3) is 4.33. The van der Waals surface area contributed by atoms with Gasteiger partial charge in [0.25, 0.3) is 5.91 Å². The number of nitrogens with one attached hydrogen (secondary N) is 2. The molecule has 1 heterocycles. The number of nitrogen functional groups attached to an aromatic ring is 1. The van der Waals surface area contributed by atoms with Crippen molar-refractivity contribution < 1.29 is 4.79 Å². The van der Waals surface area contributed by atoms with Crippen LogP contribution in [0.15, 0.2) is 66.7 Å². The Morgan fingerprint density at radius 2 is 1.74 bits per heavy atom. The fraction of sp³-hybridized carbons (Fsp3) is 0.160. The molecule has 6 nitrogen and oxygen atoms in total. The summed E-state index contributed by atoms with van der Waals surface area (Å²) in [6.07, 6.45) is 0.651. The number of amides is 1. The number of aryl methyl sites for hydroxylation is 2. The highest BCUT2D eigenvalue weighted by Crippen LogP contribution is 2.23. The molecule has 0 fully saturated rings. The second-order valence-corrected chi connectivity index (χ2v) is 7.70. The lowest BCUT2D eigenvalue weighted by molar-refractivity contribution is 0.0951. The molecule has 31 heavy (non-hydrogen) atoms. The molecular weight excluding hydrogens is 386 g/mol. The van der Waals surface area contributed by atoms with Gasteiger partial charge >= 0.3 is 0 Å². The lowest BCUT2D eigenvalue weighted by Crippen LogP contribution is -2.22. The van der Waals surface area contributed by atoms with Crippen molar-refractivity contribution in [1.29, 1.82) is 5.41 Å². The number of nitrogens with two attached hydrogens (primary N) is 1. The molecule has 0 atom stereocenters. The molecule has 6 heteroatoms. The van der Waals surface area contributed by atoms with Gasteiger partial charge in [0.15, 0.2) is 0 Å². The minimum atomic E-state index is -0.110. The van der Waals surface area contributed by atoms with Gasteiger partial charge in [0.05, 0.1) is 11.0 Å². The van der Waals surface area contributed by atoms with Crippen molar-refractivity contribution >= 4 is 22.8 Å². The molecule has 0 radical (unpaired) electrons. The van der Waals surface area contributed by atoms with Crippen molar-refractivity contribution in [3.8, 4) is 0 Å². The van der Waals surface area contributed by atoms with E-state index in [0.717, 1.165) is 33.5 Å². The van der Waals surface area contributed by atoms with Gasteiger partial charge in [-0.15, -0.1) is 0 Å². The number of aromatic nitrogens is 2. The van der Waals surface area contributed by atoms with Crippen LogP contribution in [0.5, 0.6) is 0 Å². The van der Waals surface area contributed by atoms with Gasteiger partial charge in [-0.3, -0.25) is 10.2 Å². The zero-order valence-electron chi connectivity index (χ0n) is 17.6. The Balaban J connectivity index is 1.57. The minimum absolute atomic E-state index is 0.0583. The van der Waals surface area contributed by atoms with Gasteiger partial charge in [-0.25, -0.2) is 4.98 Å². The highest BCUT2D eigenvalue weighted by molar-refractivity contribution is 5.98. The molecule has 0 bridgehead atoms. The van der Waals surface area contributed by atoms with Crippen LogP contribution in [0.4, 0.5) is 0 Å². The topological polar surface area (TPSA) is 96.8 Å². The number of benzene rings is 3. The molecule has 4 aromatic rings. The SMILES string of the molecule is Cc1cc(C(=O)NCc2ccccc2)cc2nc(Cc3ccc(C(=N)N)cc3)n(C)c12. The number of hydrogen-bond acceptors (Lipinski definition) is 3. The van der Waals surface area contributed by atoms with E-state index in [1.807, 2.05) is 80.7 Å². The van der Waals surface area contributed by atoms with Crippen molar-refractivity contribution in [2.24, 2.45) is 12.8 Å². The number of hydrogen-bond donors (Lipinski definition) is 3. The quantitative estimate of drug-likeness (QED) is 0.333. The predicted molar refractivity (Wildman–Crippen MR) is 123 cm³/mol. The summed E-state index contributed by atoms with van der Waals surface area (Å²) < 4.78 is 2.08. The van der Waals surface area contributed by atoms with E-state index in [1.54, 1.807) is 0 Å². The second kappa shape index (κ2) is 8.44. The molecule has 0 unspecified atom stereocenters. The highest BCUT2D eigenvalue weighted by atomic mass is 16.1. The lowest BCUT2D eigenvalue weighted by Gasteiger charge is -2.08. The van der Waals surface area contributed by atoms with Gasteiger partial charge in [-0.2, -0.15) is 0 Å². The van der Waals surface area contributed by atoms with Crippen molar-refractivity contribution in [2.45, 2.75) is 19.9 Å². The number of rotatable bonds is 6. The first kappa shape index (κ1) is 20.3. The van der Waals surface area contributed by atoms with E-state index in [9.17, 15) is 4.79 Å². The average molecular weight is 412 g/mol. The summed E-state index contributed by atoms with van der Waals surface area (Å²) >= 11 is 0. The van der Waals surface area contributed by atoms with E-state index in [4.69, 9.17) is 16.1 Å². The number of imidazole rings is 1. The number of fused-ring (bicyclic) bond motifs is 1. The van der Waals surface area contributed by atoms with Gasteiger partial charge in [0, 0.05) is 31.1 Å². The van der Waals surface area contributed by atoms with E-state index in [-0.39, 0.29) is 11.7 Å². The lowest BCUT2D eigenvalue weighted by atomic mass is 10.1. The Morgan fingerprint density at radius 1 is 1.03 bits per heavy atom. The van der Waals surface area contributed by atoms with Crippen LogP contribution in [0.25, 0.3) is 11.0 Å². The fourth-order valence-corrected chi connectivity index (χ4v) is 3.78. The standard InChI is InChI=1S/C25H25N5O/c1-16-12-20(25(31)28-15-18-6-4-3-5-7-18)14-21-23(16)30(2)22(29-21)13-17-8-10-19(11-9-17)24(26)27/h3-12,14H,13,15H2,1-2H3,(H3,26,27)(H,28,31). The van der Waals surface area contributed by atoms with E-state index in [2.05, 4.69) is 9.88 Å². The molecular formula is C25H25N5O. The summed E-state index contributed by atoms with van der Waals surface area (Å²) in [7, 11) is 2.00. The fourth-order valence-electron chi connectivity index (χ4n) is 3.78. The van der Waals surface area contributed by atoms with Crippen LogP contribution in [0.3, 0.4) is 0 Å². The smallest absolute Gasteiger partial charge is 0.251 e. The first-order chi connectivity index (χ1) is 14.9. The largest absolute Gasteiger partial charge is 0.384 e. The molecule has 0 saturated heterocycles. The number of carbonyl (C=O) groups excluding carboxylic acids is 1. The number of nitrogens with zero attached hydrogens (tertiary/aromatic N) is 2. The maximum atomic E-state index is 12.7. The predicted octanol–water partition coefficient (Wildman–Crippen LogP) is 3.69. The summed E-state index contributed by atoms with van der Waals surface area (Å²) in [4.78, 5) is 17.5. The van der Waals surface area contributed by atoms with Crippen LogP contribution in [-0.2, 0) is 20.0 Å². The summed E-state index contributed by atoms with van der Waals surface area (Å²) in [5, 5.41) is 10.5. The Kier molecular flexibility index (Phi) is 5.54. The average Bonchev–Trinajstić information content (AvgIpc) is 3.08. The van der Waals surface area contributed by atoms with Crippen molar-refractivity contribution in [3.05, 3.63) is 100 Å². The normalized spacial score (nSPS) is 10.9. The van der Waals surface area contributed by atoms with Crippen molar-refractivity contribution in [1.82, 2.24) is 14.9 Å². The zero-order chi connectivity index (χ0) is 22.0. The Labute approximate surface area is 181 Å². The third-order valence-electron chi connectivity index (χ3n) is 5.44. The van der Waals surface area contributed by atoms with Crippen LogP contribution >= 0.6 is 0 Å². The third-order valence-corrected chi connectivity index (χ3v) is 5.44. The monoisotopic (exact) mass is 411 g/mol. The molecule has 156 valence electrons. The van der Waals surface area contributed by atoms with Crippen molar-refractivity contribution in [3.63, 3.8) is 0 Å². The summed E-state index contributed by atoms with van der Waals surface area (Å²) in [6, 6.07) is 21.2. The molecule has 0 spiro atoms. The molecule has 4 N–H and O–H groups in total. The first-order valence-electron chi connectivity index (χ1n) is 10.1. The molecule has 0 saturated carbocycles. The molecule has 1 amide bonds. The van der Waals surface area contributed by atoms with Crippen LogP contribution in [-0.4, -0.2) is 21.3 Å². The van der Waals surface area contributed by atoms with Crippen LogP contribution in [0.2, 0.25) is 0 Å². The molecule has 3 aromatic carbocycles. The summed E-state index contributed by atoms with van der Waals surface area (Å²) in [6.45, 7) is 2.49. The summed E-state index contributed by atoms with van der Waals surface area (Å²) in [5.74, 6) is 0.861. The highest BCUT2D eigenvalue weighted by Gasteiger charge is 2.15. The zero-order valence-corrected chi connectivity index (χ0v) is 17.6. The van der Waals surface area contributed by atoms with Crippen LogP contribution < -0.4 is 11.1 Å². The summed E-state index contributed by atoms with van der Waals surface area (Å²) in [5.41, 5.74) is 11.8. The van der Waals surface area contributed by atoms with Crippen LogP contribution in [0, 0.1) is 12.3 Å². The van der Waals surface area contributed by atoms with E-state index >= 15 is 0 Å². The van der Waals surface area contributed by atoms with Gasteiger partial charge in [-0.05, 0) is 35.7 Å². The molecule has 0 aliphatic heterocycles. The van der Waals surface area contributed by atoms with Crippen molar-refractivity contribution in [2.75, 3.05) is 0 Å². The molecule has 0 aliphatic carbocycles. The first-order valence-corrected chi connectivity index (χ1v) is 10.1. The van der Waals surface area contributed by atoms with E-state index in [1.165, 1.54) is 0 Å². The number of carbonyl (C=O) groups is 1. The van der Waals surface area contributed by atoms with Crippen LogP contribution in [0.1, 0.15) is 38.4 Å². The minimum Gasteiger partial charge on any atom is -0.384 e. The number of amidine groups is 1. The van der Waals surface area contributed by atoms with Gasteiger partial charge in [-0.1, -0.05) is 54.6 Å².